The Bertz CT molecular complexity index is 1110. The number of aromatic nitrogens is 2. The fourth-order valence-corrected chi connectivity index (χ4v) is 3.67. The number of carbonyl (C=O) groups is 1. The third-order valence-corrected chi connectivity index (χ3v) is 5.57. The number of hydrogen-bond acceptors (Lipinski definition) is 4. The van der Waals surface area contributed by atoms with Crippen molar-refractivity contribution in [3.05, 3.63) is 76.6 Å². The van der Waals surface area contributed by atoms with Crippen LogP contribution in [-0.2, 0) is 10.0 Å². The van der Waals surface area contributed by atoms with Gasteiger partial charge in [0.25, 0.3) is 5.91 Å². The molecule has 1 atom stereocenters. The minimum atomic E-state index is -3.76. The Morgan fingerprint density at radius 1 is 1.14 bits per heavy atom. The molecule has 0 fully saturated rings. The van der Waals surface area contributed by atoms with Crippen LogP contribution in [0.4, 0.5) is 0 Å². The van der Waals surface area contributed by atoms with E-state index in [1.54, 1.807) is 26.0 Å². The van der Waals surface area contributed by atoms with Crippen LogP contribution in [0, 0.1) is 6.92 Å². The first kappa shape index (κ1) is 20.1. The van der Waals surface area contributed by atoms with Gasteiger partial charge in [-0.3, -0.25) is 4.79 Å². The normalized spacial score (nSPS) is 12.6. The summed E-state index contributed by atoms with van der Waals surface area (Å²) in [6, 6.07) is 14.9. The second-order valence-corrected chi connectivity index (χ2v) is 8.23. The Labute approximate surface area is 168 Å². The molecule has 28 heavy (non-hydrogen) atoms. The first-order chi connectivity index (χ1) is 13.2. The smallest absolute Gasteiger partial charge is 0.256 e. The van der Waals surface area contributed by atoms with Gasteiger partial charge >= 0.3 is 0 Å². The zero-order valence-corrected chi connectivity index (χ0v) is 16.8. The predicted molar refractivity (Wildman–Crippen MR) is 107 cm³/mol. The number of primary sulfonamides is 1. The number of amides is 1. The largest absolute Gasteiger partial charge is 0.345 e. The number of para-hydroxylation sites is 1. The standard InChI is InChI=1S/C19H19ClN4O3S/c1-12(14-8-10-16(11-9-14)28(21,26)27)22-19(25)17-13(2)23-24(18(17)20)15-6-4-3-5-7-15/h3-12H,1-2H3,(H,22,25)(H2,21,26,27)/t12-/m0/s1. The molecule has 0 unspecified atom stereocenters. The molecule has 0 radical (unpaired) electrons. The zero-order valence-electron chi connectivity index (χ0n) is 15.3. The molecule has 146 valence electrons. The second kappa shape index (κ2) is 7.75. The molecule has 9 heteroatoms. The summed E-state index contributed by atoms with van der Waals surface area (Å²) in [5.41, 5.74) is 2.27. The Balaban J connectivity index is 1.82. The van der Waals surface area contributed by atoms with E-state index in [0.717, 1.165) is 11.3 Å². The van der Waals surface area contributed by atoms with Crippen molar-refractivity contribution < 1.29 is 13.2 Å². The summed E-state index contributed by atoms with van der Waals surface area (Å²) in [4.78, 5) is 12.8. The maximum atomic E-state index is 12.8. The molecule has 1 aromatic heterocycles. The van der Waals surface area contributed by atoms with Gasteiger partial charge in [-0.05, 0) is 43.7 Å². The summed E-state index contributed by atoms with van der Waals surface area (Å²) in [5.74, 6) is -0.368. The molecule has 0 saturated carbocycles. The molecule has 0 spiro atoms. The second-order valence-electron chi connectivity index (χ2n) is 6.31. The monoisotopic (exact) mass is 418 g/mol. The minimum absolute atomic E-state index is 0.0119. The number of nitrogens with two attached hydrogens (primary N) is 1. The van der Waals surface area contributed by atoms with Crippen molar-refractivity contribution in [2.45, 2.75) is 24.8 Å². The van der Waals surface area contributed by atoms with E-state index in [-0.39, 0.29) is 22.0 Å². The maximum Gasteiger partial charge on any atom is 0.256 e. The van der Waals surface area contributed by atoms with Gasteiger partial charge in [-0.15, -0.1) is 0 Å². The fourth-order valence-electron chi connectivity index (χ4n) is 2.80. The highest BCUT2D eigenvalue weighted by molar-refractivity contribution is 7.89. The third-order valence-electron chi connectivity index (χ3n) is 4.29. The summed E-state index contributed by atoms with van der Waals surface area (Å²) in [6.45, 7) is 3.50. The number of sulfonamides is 1. The molecule has 1 heterocycles. The highest BCUT2D eigenvalue weighted by Gasteiger charge is 2.22. The van der Waals surface area contributed by atoms with Crippen LogP contribution in [0.2, 0.25) is 5.15 Å². The minimum Gasteiger partial charge on any atom is -0.345 e. The fraction of sp³-hybridized carbons (Fsp3) is 0.158. The van der Waals surface area contributed by atoms with E-state index in [1.807, 2.05) is 30.3 Å². The highest BCUT2D eigenvalue weighted by Crippen LogP contribution is 2.24. The van der Waals surface area contributed by atoms with Crippen molar-refractivity contribution in [1.29, 1.82) is 0 Å². The number of aryl methyl sites for hydroxylation is 1. The molecule has 3 aromatic rings. The molecule has 0 saturated heterocycles. The van der Waals surface area contributed by atoms with Crippen molar-refractivity contribution in [1.82, 2.24) is 15.1 Å². The van der Waals surface area contributed by atoms with Crippen LogP contribution in [0.25, 0.3) is 5.69 Å². The van der Waals surface area contributed by atoms with Crippen LogP contribution in [0.5, 0.6) is 0 Å². The summed E-state index contributed by atoms with van der Waals surface area (Å²) in [5, 5.41) is 12.5. The molecular formula is C19H19ClN4O3S. The summed E-state index contributed by atoms with van der Waals surface area (Å²) in [7, 11) is -3.76. The average molecular weight is 419 g/mol. The maximum absolute atomic E-state index is 12.8. The van der Waals surface area contributed by atoms with Crippen molar-refractivity contribution in [2.24, 2.45) is 5.14 Å². The van der Waals surface area contributed by atoms with Gasteiger partial charge < -0.3 is 5.32 Å². The van der Waals surface area contributed by atoms with Crippen LogP contribution in [0.3, 0.4) is 0 Å². The Hall–Kier alpha value is -2.68. The molecule has 3 rings (SSSR count). The van der Waals surface area contributed by atoms with E-state index < -0.39 is 10.0 Å². The van der Waals surface area contributed by atoms with Gasteiger partial charge in [0, 0.05) is 0 Å². The number of carbonyl (C=O) groups excluding carboxylic acids is 1. The van der Waals surface area contributed by atoms with E-state index in [2.05, 4.69) is 10.4 Å². The molecule has 0 aliphatic heterocycles. The number of benzene rings is 2. The first-order valence-corrected chi connectivity index (χ1v) is 10.3. The number of rotatable bonds is 5. The van der Waals surface area contributed by atoms with E-state index in [9.17, 15) is 13.2 Å². The predicted octanol–water partition coefficient (Wildman–Crippen LogP) is 2.97. The van der Waals surface area contributed by atoms with E-state index in [0.29, 0.717) is 11.3 Å². The highest BCUT2D eigenvalue weighted by atomic mass is 35.5. The molecule has 0 aliphatic carbocycles. The van der Waals surface area contributed by atoms with Crippen molar-refractivity contribution in [3.63, 3.8) is 0 Å². The lowest BCUT2D eigenvalue weighted by Gasteiger charge is -2.15. The van der Waals surface area contributed by atoms with E-state index in [1.165, 1.54) is 16.8 Å². The Morgan fingerprint density at radius 2 is 1.75 bits per heavy atom. The molecule has 1 amide bonds. The van der Waals surface area contributed by atoms with Gasteiger partial charge in [0.05, 0.1) is 27.9 Å². The molecular weight excluding hydrogens is 400 g/mol. The van der Waals surface area contributed by atoms with E-state index in [4.69, 9.17) is 16.7 Å². The SMILES string of the molecule is Cc1nn(-c2ccccc2)c(Cl)c1C(=O)N[C@@H](C)c1ccc(S(N)(=O)=O)cc1. The first-order valence-electron chi connectivity index (χ1n) is 8.42. The summed E-state index contributed by atoms with van der Waals surface area (Å²) >= 11 is 6.42. The molecule has 0 bridgehead atoms. The van der Waals surface area contributed by atoms with Crippen LogP contribution < -0.4 is 10.5 Å². The summed E-state index contributed by atoms with van der Waals surface area (Å²) < 4.78 is 24.2. The quantitative estimate of drug-likeness (QED) is 0.664. The average Bonchev–Trinajstić information content (AvgIpc) is 2.96. The van der Waals surface area contributed by atoms with Gasteiger partial charge in [-0.1, -0.05) is 41.9 Å². The lowest BCUT2D eigenvalue weighted by Crippen LogP contribution is -2.27. The van der Waals surface area contributed by atoms with Crippen LogP contribution in [0.1, 0.15) is 34.6 Å². The number of hydrogen-bond donors (Lipinski definition) is 2. The Morgan fingerprint density at radius 3 is 2.32 bits per heavy atom. The molecule has 2 aromatic carbocycles. The number of halogens is 1. The van der Waals surface area contributed by atoms with Gasteiger partial charge in [0.1, 0.15) is 5.15 Å². The third kappa shape index (κ3) is 4.09. The number of nitrogens with zero attached hydrogens (tertiary/aromatic N) is 2. The van der Waals surface area contributed by atoms with Crippen LogP contribution in [-0.4, -0.2) is 24.1 Å². The molecule has 0 aliphatic rings. The Kier molecular flexibility index (Phi) is 5.55. The van der Waals surface area contributed by atoms with Gasteiger partial charge in [-0.2, -0.15) is 5.10 Å². The van der Waals surface area contributed by atoms with Gasteiger partial charge in [0.15, 0.2) is 0 Å². The van der Waals surface area contributed by atoms with Crippen molar-refractivity contribution in [2.75, 3.05) is 0 Å². The van der Waals surface area contributed by atoms with Crippen molar-refractivity contribution >= 4 is 27.5 Å². The lowest BCUT2D eigenvalue weighted by molar-refractivity contribution is 0.0939. The molecule has 7 nitrogen and oxygen atoms in total. The lowest BCUT2D eigenvalue weighted by atomic mass is 10.1. The van der Waals surface area contributed by atoms with Crippen LogP contribution >= 0.6 is 11.6 Å². The number of nitrogens with one attached hydrogen (secondary N) is 1. The molecule has 3 N–H and O–H groups in total. The topological polar surface area (TPSA) is 107 Å². The summed E-state index contributed by atoms with van der Waals surface area (Å²) in [6.07, 6.45) is 0. The van der Waals surface area contributed by atoms with Gasteiger partial charge in [-0.25, -0.2) is 18.2 Å². The van der Waals surface area contributed by atoms with Crippen molar-refractivity contribution in [3.8, 4) is 5.69 Å². The van der Waals surface area contributed by atoms with E-state index >= 15 is 0 Å². The van der Waals surface area contributed by atoms with Gasteiger partial charge in [0.2, 0.25) is 10.0 Å². The van der Waals surface area contributed by atoms with Crippen LogP contribution in [0.15, 0.2) is 59.5 Å². The zero-order chi connectivity index (χ0) is 20.5.